The summed E-state index contributed by atoms with van der Waals surface area (Å²) in [7, 11) is 0. The van der Waals surface area contributed by atoms with Crippen LogP contribution in [0.15, 0.2) is 65.6 Å². The van der Waals surface area contributed by atoms with Crippen LogP contribution in [0.1, 0.15) is 50.5 Å². The quantitative estimate of drug-likeness (QED) is 0.552. The molecular formula is C24H30OS. The van der Waals surface area contributed by atoms with Gasteiger partial charge in [0, 0.05) is 10.1 Å². The van der Waals surface area contributed by atoms with Gasteiger partial charge in [0.05, 0.1) is 12.2 Å². The van der Waals surface area contributed by atoms with Crippen LogP contribution in [0.3, 0.4) is 0 Å². The van der Waals surface area contributed by atoms with Crippen molar-refractivity contribution in [3.8, 4) is 0 Å². The minimum Gasteiger partial charge on any atom is -0.374 e. The molecule has 2 aromatic carbocycles. The van der Waals surface area contributed by atoms with Crippen molar-refractivity contribution in [2.75, 3.05) is 0 Å². The molecule has 0 spiro atoms. The molecular weight excluding hydrogens is 336 g/mol. The molecule has 0 N–H and O–H groups in total. The molecule has 0 aliphatic heterocycles. The number of aryl methyl sites for hydroxylation is 1. The second-order valence-corrected chi connectivity index (χ2v) is 9.10. The Morgan fingerprint density at radius 2 is 1.54 bits per heavy atom. The van der Waals surface area contributed by atoms with E-state index in [9.17, 15) is 0 Å². The van der Waals surface area contributed by atoms with Gasteiger partial charge in [-0.25, -0.2) is 0 Å². The molecule has 2 heteroatoms. The summed E-state index contributed by atoms with van der Waals surface area (Å²) in [5, 5.41) is 0.614. The molecule has 0 bridgehead atoms. The predicted octanol–water partition coefficient (Wildman–Crippen LogP) is 6.52. The first-order chi connectivity index (χ1) is 12.9. The van der Waals surface area contributed by atoms with E-state index in [0.717, 1.165) is 5.92 Å². The van der Waals surface area contributed by atoms with Crippen molar-refractivity contribution in [1.82, 2.24) is 0 Å². The maximum atomic E-state index is 6.57. The van der Waals surface area contributed by atoms with Crippen LogP contribution in [0, 0.1) is 5.92 Å². The lowest BCUT2D eigenvalue weighted by Gasteiger charge is -2.46. The van der Waals surface area contributed by atoms with Crippen LogP contribution in [0.2, 0.25) is 0 Å². The van der Waals surface area contributed by atoms with E-state index in [1.54, 1.807) is 0 Å². The van der Waals surface area contributed by atoms with Crippen LogP contribution >= 0.6 is 11.8 Å². The molecule has 0 radical (unpaired) electrons. The molecule has 0 amide bonds. The van der Waals surface area contributed by atoms with E-state index in [0.29, 0.717) is 17.5 Å². The fourth-order valence-corrected chi connectivity index (χ4v) is 5.76. The lowest BCUT2D eigenvalue weighted by atomic mass is 9.77. The zero-order valence-electron chi connectivity index (χ0n) is 15.6. The number of benzene rings is 2. The van der Waals surface area contributed by atoms with Gasteiger partial charge in [-0.05, 0) is 55.7 Å². The van der Waals surface area contributed by atoms with Gasteiger partial charge >= 0.3 is 0 Å². The third-order valence-electron chi connectivity index (χ3n) is 5.95. The van der Waals surface area contributed by atoms with E-state index in [1.165, 1.54) is 61.8 Å². The van der Waals surface area contributed by atoms with Gasteiger partial charge in [0.1, 0.15) is 0 Å². The minimum absolute atomic E-state index is 0.448. The van der Waals surface area contributed by atoms with Crippen molar-refractivity contribution >= 4 is 11.8 Å². The van der Waals surface area contributed by atoms with Crippen molar-refractivity contribution in [1.29, 1.82) is 0 Å². The average molecular weight is 367 g/mol. The van der Waals surface area contributed by atoms with Crippen LogP contribution < -0.4 is 0 Å². The number of thioether (sulfide) groups is 1. The van der Waals surface area contributed by atoms with Crippen molar-refractivity contribution in [2.45, 2.75) is 73.7 Å². The molecule has 2 aliphatic carbocycles. The molecule has 2 saturated carbocycles. The van der Waals surface area contributed by atoms with Crippen LogP contribution in [0.5, 0.6) is 0 Å². The molecule has 0 heterocycles. The molecule has 3 atom stereocenters. The maximum Gasteiger partial charge on any atom is 0.0706 e. The number of hydrogen-bond acceptors (Lipinski definition) is 2. The highest BCUT2D eigenvalue weighted by molar-refractivity contribution is 8.00. The Bertz CT molecular complexity index is 650. The van der Waals surface area contributed by atoms with Gasteiger partial charge in [-0.1, -0.05) is 67.8 Å². The summed E-state index contributed by atoms with van der Waals surface area (Å²) in [6.45, 7) is 0. The summed E-state index contributed by atoms with van der Waals surface area (Å²) in [6, 6.07) is 21.8. The monoisotopic (exact) mass is 366 g/mol. The van der Waals surface area contributed by atoms with Gasteiger partial charge in [-0.2, -0.15) is 0 Å². The Morgan fingerprint density at radius 3 is 2.27 bits per heavy atom. The Morgan fingerprint density at radius 1 is 0.846 bits per heavy atom. The Labute approximate surface area is 162 Å². The molecule has 2 fully saturated rings. The average Bonchev–Trinajstić information content (AvgIpc) is 2.71. The van der Waals surface area contributed by atoms with E-state index in [-0.39, 0.29) is 0 Å². The first-order valence-electron chi connectivity index (χ1n) is 10.3. The SMILES string of the molecule is c1ccc(CC[C@H]2C[C@@H](OC3CCCCC3)[C@@H]2Sc2ccccc2)cc1. The highest BCUT2D eigenvalue weighted by Gasteiger charge is 2.43. The molecule has 0 unspecified atom stereocenters. The van der Waals surface area contributed by atoms with E-state index in [4.69, 9.17) is 4.74 Å². The zero-order valence-corrected chi connectivity index (χ0v) is 16.4. The largest absolute Gasteiger partial charge is 0.374 e. The van der Waals surface area contributed by atoms with Crippen molar-refractivity contribution in [3.63, 3.8) is 0 Å². The van der Waals surface area contributed by atoms with Crippen LogP contribution in [0.25, 0.3) is 0 Å². The van der Waals surface area contributed by atoms with Gasteiger partial charge < -0.3 is 4.74 Å². The fraction of sp³-hybridized carbons (Fsp3) is 0.500. The van der Waals surface area contributed by atoms with Gasteiger partial charge in [0.15, 0.2) is 0 Å². The highest BCUT2D eigenvalue weighted by atomic mass is 32.2. The topological polar surface area (TPSA) is 9.23 Å². The summed E-state index contributed by atoms with van der Waals surface area (Å²) < 4.78 is 6.57. The van der Waals surface area contributed by atoms with Gasteiger partial charge in [-0.15, -0.1) is 11.8 Å². The molecule has 2 aromatic rings. The van der Waals surface area contributed by atoms with E-state index < -0.39 is 0 Å². The van der Waals surface area contributed by atoms with Crippen molar-refractivity contribution in [3.05, 3.63) is 66.2 Å². The van der Waals surface area contributed by atoms with E-state index in [1.807, 2.05) is 11.8 Å². The normalized spacial score (nSPS) is 26.4. The smallest absolute Gasteiger partial charge is 0.0706 e. The van der Waals surface area contributed by atoms with Crippen LogP contribution in [-0.4, -0.2) is 17.5 Å². The molecule has 0 saturated heterocycles. The molecule has 0 aromatic heterocycles. The standard InChI is InChI=1S/C24H30OS/c1-4-10-19(11-5-1)16-17-20-18-23(25-21-12-6-2-7-13-21)24(20)26-22-14-8-3-9-15-22/h1,3-5,8-11,14-15,20-21,23-24H,2,6-7,12-13,16-18H2/t20-,23+,24+/m0/s1. The van der Waals surface area contributed by atoms with E-state index >= 15 is 0 Å². The Kier molecular flexibility index (Phi) is 6.35. The third-order valence-corrected chi connectivity index (χ3v) is 7.45. The van der Waals surface area contributed by atoms with Crippen LogP contribution in [0.4, 0.5) is 0 Å². The predicted molar refractivity (Wildman–Crippen MR) is 111 cm³/mol. The third kappa shape index (κ3) is 4.72. The summed E-state index contributed by atoms with van der Waals surface area (Å²) in [4.78, 5) is 1.39. The minimum atomic E-state index is 0.448. The second kappa shape index (κ2) is 9.10. The maximum absolute atomic E-state index is 6.57. The summed E-state index contributed by atoms with van der Waals surface area (Å²) in [5.74, 6) is 0.772. The first kappa shape index (κ1) is 18.1. The first-order valence-corrected chi connectivity index (χ1v) is 11.2. The fourth-order valence-electron chi connectivity index (χ4n) is 4.36. The summed E-state index contributed by atoms with van der Waals surface area (Å²) in [5.41, 5.74) is 1.47. The zero-order chi connectivity index (χ0) is 17.6. The molecule has 138 valence electrons. The van der Waals surface area contributed by atoms with E-state index in [2.05, 4.69) is 60.7 Å². The van der Waals surface area contributed by atoms with Crippen LogP contribution in [-0.2, 0) is 11.2 Å². The number of hydrogen-bond donors (Lipinski definition) is 0. The summed E-state index contributed by atoms with van der Waals surface area (Å²) in [6.07, 6.45) is 11.3. The Hall–Kier alpha value is -1.25. The highest BCUT2D eigenvalue weighted by Crippen LogP contribution is 2.46. The number of rotatable bonds is 7. The second-order valence-electron chi connectivity index (χ2n) is 7.85. The van der Waals surface area contributed by atoms with Gasteiger partial charge in [0.2, 0.25) is 0 Å². The molecule has 1 nitrogen and oxygen atoms in total. The molecule has 26 heavy (non-hydrogen) atoms. The molecule has 4 rings (SSSR count). The Balaban J connectivity index is 1.37. The van der Waals surface area contributed by atoms with Gasteiger partial charge in [-0.3, -0.25) is 0 Å². The van der Waals surface area contributed by atoms with Crippen molar-refractivity contribution < 1.29 is 4.74 Å². The summed E-state index contributed by atoms with van der Waals surface area (Å²) >= 11 is 2.05. The lowest BCUT2D eigenvalue weighted by molar-refractivity contribution is -0.0823. The molecule has 2 aliphatic rings. The number of ether oxygens (including phenoxy) is 1. The lowest BCUT2D eigenvalue weighted by Crippen LogP contribution is -2.48. The van der Waals surface area contributed by atoms with Crippen molar-refractivity contribution in [2.24, 2.45) is 5.92 Å². The van der Waals surface area contributed by atoms with Gasteiger partial charge in [0.25, 0.3) is 0 Å².